The van der Waals surface area contributed by atoms with Gasteiger partial charge in [0.1, 0.15) is 11.5 Å². The van der Waals surface area contributed by atoms with Crippen LogP contribution in [0.15, 0.2) is 24.3 Å². The Morgan fingerprint density at radius 1 is 0.889 bits per heavy atom. The van der Waals surface area contributed by atoms with E-state index in [2.05, 4.69) is 11.7 Å². The van der Waals surface area contributed by atoms with Crippen molar-refractivity contribution >= 4 is 5.97 Å². The number of carbonyl (C=O) groups excluding carboxylic acids is 1. The van der Waals surface area contributed by atoms with Crippen LogP contribution in [-0.2, 0) is 4.79 Å². The van der Waals surface area contributed by atoms with E-state index in [4.69, 9.17) is 4.74 Å². The van der Waals surface area contributed by atoms with Gasteiger partial charge >= 0.3 is 12.3 Å². The fourth-order valence-electron chi connectivity index (χ4n) is 4.49. The van der Waals surface area contributed by atoms with Gasteiger partial charge in [-0.25, -0.2) is 0 Å². The van der Waals surface area contributed by atoms with Crippen molar-refractivity contribution in [2.24, 2.45) is 23.7 Å². The highest BCUT2D eigenvalue weighted by Crippen LogP contribution is 2.41. The minimum atomic E-state index is -4.73. The summed E-state index contributed by atoms with van der Waals surface area (Å²) >= 11 is 0. The Labute approximate surface area is 161 Å². The number of hydrogen-bond donors (Lipinski definition) is 0. The highest BCUT2D eigenvalue weighted by Gasteiger charge is 2.33. The van der Waals surface area contributed by atoms with Crippen molar-refractivity contribution in [3.63, 3.8) is 0 Å². The Morgan fingerprint density at radius 2 is 1.37 bits per heavy atom. The fraction of sp³-hybridized carbons (Fsp3) is 0.667. The predicted molar refractivity (Wildman–Crippen MR) is 99.6 cm³/mol. The van der Waals surface area contributed by atoms with Gasteiger partial charge in [0.15, 0.2) is 0 Å². The van der Waals surface area contributed by atoms with Crippen molar-refractivity contribution in [1.82, 2.24) is 0 Å². The Bertz CT molecular complexity index is 621. The lowest BCUT2D eigenvalue weighted by molar-refractivity contribution is -0.274. The molecular formula is C21H31F3O3. The van der Waals surface area contributed by atoms with Crippen molar-refractivity contribution in [3.8, 4) is 11.5 Å². The molecular weight excluding hydrogens is 357 g/mol. The molecule has 2 saturated carbocycles. The highest BCUT2D eigenvalue weighted by molar-refractivity contribution is 5.75. The molecule has 3 nitrogen and oxygen atoms in total. The van der Waals surface area contributed by atoms with Crippen LogP contribution in [0.2, 0.25) is 0 Å². The summed E-state index contributed by atoms with van der Waals surface area (Å²) < 4.78 is 45.7. The van der Waals surface area contributed by atoms with Crippen LogP contribution in [0.5, 0.6) is 11.5 Å². The quantitative estimate of drug-likeness (QED) is 0.430. The van der Waals surface area contributed by atoms with Crippen LogP contribution in [0.3, 0.4) is 0 Å². The molecule has 0 amide bonds. The van der Waals surface area contributed by atoms with Crippen LogP contribution in [0, 0.1) is 23.7 Å². The Kier molecular flexibility index (Phi) is 6.33. The molecule has 2 fully saturated rings. The maximum absolute atomic E-state index is 12.4. The first-order chi connectivity index (χ1) is 12.8. The largest absolute Gasteiger partial charge is 0.573 e. The van der Waals surface area contributed by atoms with Gasteiger partial charge in [-0.15, -0.1) is 13.2 Å². The molecule has 27 heavy (non-hydrogen) atoms. The third-order valence-electron chi connectivity index (χ3n) is 6.11. The predicted octanol–water partition coefficient (Wildman–Crippen LogP) is 6.62. The van der Waals surface area contributed by atoms with Crippen molar-refractivity contribution < 1.29 is 30.3 Å². The van der Waals surface area contributed by atoms with Crippen molar-refractivity contribution in [1.29, 1.82) is 0 Å². The molecule has 3 rings (SSSR count). The third kappa shape index (κ3) is 5.88. The summed E-state index contributed by atoms with van der Waals surface area (Å²) in [5.41, 5.74) is 0. The SMILES string of the molecule is CC1CCC(C2CCC(C(=O)Oc3ccc(OC(F)(F)F)cc3)CC2)CC1.[HH].[HH]. The maximum atomic E-state index is 12.4. The summed E-state index contributed by atoms with van der Waals surface area (Å²) in [5.74, 6) is 1.90. The second kappa shape index (κ2) is 8.53. The molecule has 0 bridgehead atoms. The normalized spacial score (nSPS) is 29.2. The lowest BCUT2D eigenvalue weighted by Gasteiger charge is -2.36. The van der Waals surface area contributed by atoms with E-state index >= 15 is 0 Å². The van der Waals surface area contributed by atoms with Gasteiger partial charge < -0.3 is 9.47 Å². The van der Waals surface area contributed by atoms with Gasteiger partial charge in [0.05, 0.1) is 5.92 Å². The van der Waals surface area contributed by atoms with E-state index in [0.29, 0.717) is 0 Å². The van der Waals surface area contributed by atoms with E-state index in [1.165, 1.54) is 37.8 Å². The molecule has 0 saturated heterocycles. The standard InChI is InChI=1S/C21H27F3O3.2H2/c1-14-2-4-15(5-3-14)16-6-8-17(9-7-16)20(25)26-18-10-12-19(13-11-18)27-21(22,23)24;;/h10-17H,2-9H2,1H3;2*1H. The van der Waals surface area contributed by atoms with E-state index < -0.39 is 6.36 Å². The van der Waals surface area contributed by atoms with E-state index in [-0.39, 0.29) is 26.2 Å². The molecule has 0 atom stereocenters. The topological polar surface area (TPSA) is 35.5 Å². The van der Waals surface area contributed by atoms with Crippen LogP contribution in [-0.4, -0.2) is 12.3 Å². The van der Waals surface area contributed by atoms with Crippen LogP contribution in [0.4, 0.5) is 13.2 Å². The van der Waals surface area contributed by atoms with Crippen molar-refractivity contribution in [3.05, 3.63) is 24.3 Å². The molecule has 0 unspecified atom stereocenters. The molecule has 0 radical (unpaired) electrons. The first-order valence-electron chi connectivity index (χ1n) is 9.87. The summed E-state index contributed by atoms with van der Waals surface area (Å²) in [6.07, 6.45) is 4.35. The monoisotopic (exact) mass is 388 g/mol. The summed E-state index contributed by atoms with van der Waals surface area (Å²) in [4.78, 5) is 12.4. The molecule has 0 aliphatic heterocycles. The second-order valence-corrected chi connectivity index (χ2v) is 8.07. The van der Waals surface area contributed by atoms with Gasteiger partial charge in [-0.1, -0.05) is 19.8 Å². The van der Waals surface area contributed by atoms with E-state index in [9.17, 15) is 18.0 Å². The van der Waals surface area contributed by atoms with Crippen molar-refractivity contribution in [2.45, 2.75) is 64.7 Å². The van der Waals surface area contributed by atoms with Gasteiger partial charge in [0, 0.05) is 2.85 Å². The van der Waals surface area contributed by atoms with Crippen LogP contribution in [0.25, 0.3) is 0 Å². The van der Waals surface area contributed by atoms with E-state index in [1.54, 1.807) is 0 Å². The minimum absolute atomic E-state index is 0. The number of rotatable bonds is 4. The number of carbonyl (C=O) groups is 1. The molecule has 1 aromatic rings. The minimum Gasteiger partial charge on any atom is -0.426 e. The Balaban J connectivity index is 0.00000210. The number of hydrogen-bond acceptors (Lipinski definition) is 3. The molecule has 6 heteroatoms. The maximum Gasteiger partial charge on any atom is 0.573 e. The number of benzene rings is 1. The molecule has 2 aliphatic carbocycles. The van der Waals surface area contributed by atoms with Crippen LogP contribution in [0.1, 0.15) is 61.1 Å². The fourth-order valence-corrected chi connectivity index (χ4v) is 4.49. The molecule has 0 N–H and O–H groups in total. The number of halogens is 3. The van der Waals surface area contributed by atoms with Gasteiger partial charge in [-0.3, -0.25) is 4.79 Å². The Hall–Kier alpha value is -1.72. The lowest BCUT2D eigenvalue weighted by Crippen LogP contribution is -2.29. The molecule has 154 valence electrons. The van der Waals surface area contributed by atoms with Crippen LogP contribution >= 0.6 is 0 Å². The molecule has 2 aliphatic rings. The molecule has 0 aromatic heterocycles. The zero-order valence-corrected chi connectivity index (χ0v) is 15.6. The molecule has 1 aromatic carbocycles. The summed E-state index contributed by atoms with van der Waals surface area (Å²) in [6, 6.07) is 4.95. The van der Waals surface area contributed by atoms with E-state index in [0.717, 1.165) is 55.6 Å². The highest BCUT2D eigenvalue weighted by atomic mass is 19.4. The van der Waals surface area contributed by atoms with Gasteiger partial charge in [0.25, 0.3) is 0 Å². The first-order valence-corrected chi connectivity index (χ1v) is 9.87. The van der Waals surface area contributed by atoms with Gasteiger partial charge in [0.2, 0.25) is 0 Å². The van der Waals surface area contributed by atoms with Gasteiger partial charge in [-0.2, -0.15) is 0 Å². The van der Waals surface area contributed by atoms with Crippen LogP contribution < -0.4 is 9.47 Å². The Morgan fingerprint density at radius 3 is 1.89 bits per heavy atom. The van der Waals surface area contributed by atoms with E-state index in [1.807, 2.05) is 0 Å². The molecule has 0 spiro atoms. The summed E-state index contributed by atoms with van der Waals surface area (Å²) in [6.45, 7) is 2.32. The number of esters is 1. The zero-order valence-electron chi connectivity index (χ0n) is 15.6. The van der Waals surface area contributed by atoms with Crippen molar-refractivity contribution in [2.75, 3.05) is 0 Å². The molecule has 0 heterocycles. The second-order valence-electron chi connectivity index (χ2n) is 8.07. The van der Waals surface area contributed by atoms with Gasteiger partial charge in [-0.05, 0) is 80.5 Å². The average molecular weight is 388 g/mol. The zero-order chi connectivity index (χ0) is 19.4. The number of ether oxygens (including phenoxy) is 2. The summed E-state index contributed by atoms with van der Waals surface area (Å²) in [5, 5.41) is 0. The average Bonchev–Trinajstić information content (AvgIpc) is 2.63. The smallest absolute Gasteiger partial charge is 0.426 e. The lowest BCUT2D eigenvalue weighted by atomic mass is 9.69. The first kappa shape index (κ1) is 20.0. The number of alkyl halides is 3. The summed E-state index contributed by atoms with van der Waals surface area (Å²) in [7, 11) is 0. The third-order valence-corrected chi connectivity index (χ3v) is 6.11.